The van der Waals surface area contributed by atoms with Crippen LogP contribution in [0.3, 0.4) is 0 Å². The average Bonchev–Trinajstić information content (AvgIpc) is 2.77. The van der Waals surface area contributed by atoms with Gasteiger partial charge < -0.3 is 15.4 Å². The van der Waals surface area contributed by atoms with Crippen molar-refractivity contribution in [2.75, 3.05) is 26.8 Å². The summed E-state index contributed by atoms with van der Waals surface area (Å²) in [5, 5.41) is 7.52. The van der Waals surface area contributed by atoms with E-state index in [4.69, 9.17) is 4.74 Å². The van der Waals surface area contributed by atoms with Crippen LogP contribution in [0, 0.1) is 6.92 Å². The van der Waals surface area contributed by atoms with Crippen molar-refractivity contribution in [1.82, 2.24) is 15.6 Å². The molecule has 0 fully saturated rings. The van der Waals surface area contributed by atoms with E-state index < -0.39 is 0 Å². The zero-order valence-electron chi connectivity index (χ0n) is 11.7. The number of hydrogen-bond acceptors (Lipinski definition) is 4. The zero-order valence-corrected chi connectivity index (χ0v) is 14.9. The lowest BCUT2D eigenvalue weighted by molar-refractivity contribution is 0.195. The average molecular weight is 398 g/mol. The van der Waals surface area contributed by atoms with E-state index in [0.29, 0.717) is 6.54 Å². The summed E-state index contributed by atoms with van der Waals surface area (Å²) in [6, 6.07) is 0. The number of thiazole rings is 1. The molecule has 1 heterocycles. The van der Waals surface area contributed by atoms with Gasteiger partial charge in [0.2, 0.25) is 0 Å². The fourth-order valence-corrected chi connectivity index (χ4v) is 2.10. The lowest BCUT2D eigenvalue weighted by atomic mass is 10.4. The van der Waals surface area contributed by atoms with E-state index >= 15 is 0 Å². The first-order valence-electron chi connectivity index (χ1n) is 6.18. The minimum Gasteiger partial charge on any atom is -0.385 e. The predicted octanol–water partition coefficient (Wildman–Crippen LogP) is 2.16. The van der Waals surface area contributed by atoms with E-state index in [1.54, 1.807) is 18.4 Å². The summed E-state index contributed by atoms with van der Waals surface area (Å²) < 4.78 is 5.01. The van der Waals surface area contributed by atoms with Gasteiger partial charge in [-0.25, -0.2) is 9.98 Å². The molecule has 0 amide bonds. The minimum atomic E-state index is 0. The Hall–Kier alpha value is -0.410. The van der Waals surface area contributed by atoms with Gasteiger partial charge in [-0.15, -0.1) is 35.3 Å². The molecule has 0 radical (unpaired) electrons. The SMILES string of the molecule is CCNC(=NCc1ncc(C)s1)NCCCOC.I. The number of guanidine groups is 1. The van der Waals surface area contributed by atoms with Gasteiger partial charge in [0.1, 0.15) is 5.01 Å². The Balaban J connectivity index is 0.00000324. The highest BCUT2D eigenvalue weighted by molar-refractivity contribution is 14.0. The summed E-state index contributed by atoms with van der Waals surface area (Å²) in [6.07, 6.45) is 2.85. The standard InChI is InChI=1S/C12H22N4OS.HI/c1-4-13-12(14-6-5-7-17-3)16-9-11-15-8-10(2)18-11;/h8H,4-7,9H2,1-3H3,(H2,13,14,16);1H. The third-order valence-electron chi connectivity index (χ3n) is 2.20. The molecule has 19 heavy (non-hydrogen) atoms. The molecule has 1 aromatic rings. The molecule has 0 aliphatic heterocycles. The van der Waals surface area contributed by atoms with Crippen molar-refractivity contribution in [3.05, 3.63) is 16.1 Å². The van der Waals surface area contributed by atoms with E-state index in [2.05, 4.69) is 34.5 Å². The molecule has 0 aliphatic rings. The molecule has 0 spiro atoms. The minimum absolute atomic E-state index is 0. The molecule has 0 unspecified atom stereocenters. The number of nitrogens with one attached hydrogen (secondary N) is 2. The lowest BCUT2D eigenvalue weighted by Crippen LogP contribution is -2.38. The normalized spacial score (nSPS) is 11.0. The van der Waals surface area contributed by atoms with Crippen molar-refractivity contribution in [2.24, 2.45) is 4.99 Å². The maximum absolute atomic E-state index is 5.01. The molecule has 110 valence electrons. The van der Waals surface area contributed by atoms with Crippen LogP contribution in [-0.2, 0) is 11.3 Å². The number of aromatic nitrogens is 1. The molecule has 0 atom stereocenters. The predicted molar refractivity (Wildman–Crippen MR) is 91.6 cm³/mol. The molecule has 1 aromatic heterocycles. The van der Waals surface area contributed by atoms with Crippen LogP contribution in [0.1, 0.15) is 23.2 Å². The van der Waals surface area contributed by atoms with Crippen molar-refractivity contribution in [3.8, 4) is 0 Å². The molecular weight excluding hydrogens is 375 g/mol. The number of nitrogens with zero attached hydrogens (tertiary/aromatic N) is 2. The van der Waals surface area contributed by atoms with Gasteiger partial charge in [0.15, 0.2) is 5.96 Å². The molecule has 7 heteroatoms. The second-order valence-corrected chi connectivity index (χ2v) is 5.15. The van der Waals surface area contributed by atoms with E-state index in [0.717, 1.165) is 37.1 Å². The quantitative estimate of drug-likeness (QED) is 0.320. The van der Waals surface area contributed by atoms with Crippen LogP contribution < -0.4 is 10.6 Å². The van der Waals surface area contributed by atoms with Gasteiger partial charge >= 0.3 is 0 Å². The highest BCUT2D eigenvalue weighted by atomic mass is 127. The van der Waals surface area contributed by atoms with E-state index in [-0.39, 0.29) is 24.0 Å². The topological polar surface area (TPSA) is 58.5 Å². The van der Waals surface area contributed by atoms with E-state index in [9.17, 15) is 0 Å². The Morgan fingerprint density at radius 2 is 2.26 bits per heavy atom. The monoisotopic (exact) mass is 398 g/mol. The smallest absolute Gasteiger partial charge is 0.191 e. The number of hydrogen-bond donors (Lipinski definition) is 2. The summed E-state index contributed by atoms with van der Waals surface area (Å²) in [6.45, 7) is 7.21. The first-order valence-corrected chi connectivity index (χ1v) is 7.00. The summed E-state index contributed by atoms with van der Waals surface area (Å²) in [5.41, 5.74) is 0. The maximum atomic E-state index is 5.01. The highest BCUT2D eigenvalue weighted by Crippen LogP contribution is 2.11. The summed E-state index contributed by atoms with van der Waals surface area (Å²) in [7, 11) is 1.71. The second-order valence-electron chi connectivity index (χ2n) is 3.83. The molecule has 0 bridgehead atoms. The van der Waals surface area contributed by atoms with Gasteiger partial charge in [-0.1, -0.05) is 0 Å². The number of halogens is 1. The van der Waals surface area contributed by atoms with Gasteiger partial charge in [-0.2, -0.15) is 0 Å². The Morgan fingerprint density at radius 3 is 2.84 bits per heavy atom. The molecule has 2 N–H and O–H groups in total. The molecule has 0 saturated heterocycles. The van der Waals surface area contributed by atoms with Crippen LogP contribution in [0.5, 0.6) is 0 Å². The number of aryl methyl sites for hydroxylation is 1. The summed E-state index contributed by atoms with van der Waals surface area (Å²) in [5.74, 6) is 0.835. The Bertz CT molecular complexity index is 370. The third kappa shape index (κ3) is 8.38. The van der Waals surface area contributed by atoms with Crippen molar-refractivity contribution < 1.29 is 4.74 Å². The Morgan fingerprint density at radius 1 is 1.47 bits per heavy atom. The number of rotatable bonds is 7. The fraction of sp³-hybridized carbons (Fsp3) is 0.667. The summed E-state index contributed by atoms with van der Waals surface area (Å²) >= 11 is 1.69. The molecule has 0 aliphatic carbocycles. The van der Waals surface area contributed by atoms with Crippen molar-refractivity contribution in [3.63, 3.8) is 0 Å². The van der Waals surface area contributed by atoms with Crippen LogP contribution >= 0.6 is 35.3 Å². The van der Waals surface area contributed by atoms with Crippen molar-refractivity contribution >= 4 is 41.3 Å². The highest BCUT2D eigenvalue weighted by Gasteiger charge is 1.99. The van der Waals surface area contributed by atoms with E-state index in [1.807, 2.05) is 6.20 Å². The fourth-order valence-electron chi connectivity index (χ4n) is 1.39. The number of methoxy groups -OCH3 is 1. The second kappa shape index (κ2) is 11.4. The Labute approximate surface area is 136 Å². The molecular formula is C12H23IN4OS. The molecule has 0 saturated carbocycles. The van der Waals surface area contributed by atoms with Crippen LogP contribution in [0.4, 0.5) is 0 Å². The lowest BCUT2D eigenvalue weighted by Gasteiger charge is -2.10. The van der Waals surface area contributed by atoms with Crippen LogP contribution in [0.2, 0.25) is 0 Å². The van der Waals surface area contributed by atoms with Crippen LogP contribution in [0.25, 0.3) is 0 Å². The molecule has 1 rings (SSSR count). The first kappa shape index (κ1) is 18.6. The van der Waals surface area contributed by atoms with Gasteiger partial charge in [-0.3, -0.25) is 0 Å². The zero-order chi connectivity index (χ0) is 13.2. The van der Waals surface area contributed by atoms with Crippen molar-refractivity contribution in [1.29, 1.82) is 0 Å². The largest absolute Gasteiger partial charge is 0.385 e. The first-order chi connectivity index (χ1) is 8.76. The number of ether oxygens (including phenoxy) is 1. The molecule has 0 aromatic carbocycles. The van der Waals surface area contributed by atoms with Gasteiger partial charge in [-0.05, 0) is 20.3 Å². The Kier molecular flexibility index (Phi) is 11.2. The maximum Gasteiger partial charge on any atom is 0.191 e. The van der Waals surface area contributed by atoms with Crippen molar-refractivity contribution in [2.45, 2.75) is 26.8 Å². The van der Waals surface area contributed by atoms with Gasteiger partial charge in [0.25, 0.3) is 0 Å². The van der Waals surface area contributed by atoms with Crippen LogP contribution in [-0.4, -0.2) is 37.7 Å². The van der Waals surface area contributed by atoms with Gasteiger partial charge in [0.05, 0.1) is 6.54 Å². The summed E-state index contributed by atoms with van der Waals surface area (Å²) in [4.78, 5) is 10.0. The van der Waals surface area contributed by atoms with E-state index in [1.165, 1.54) is 4.88 Å². The molecule has 5 nitrogen and oxygen atoms in total. The van der Waals surface area contributed by atoms with Crippen LogP contribution in [0.15, 0.2) is 11.2 Å². The van der Waals surface area contributed by atoms with Gasteiger partial charge in [0, 0.05) is 37.9 Å². The third-order valence-corrected chi connectivity index (χ3v) is 3.10. The number of aliphatic imine (C=N–C) groups is 1.